The highest BCUT2D eigenvalue weighted by Gasteiger charge is 2.18. The fraction of sp³-hybridized carbons (Fsp3) is 0.375. The number of nitrogens with one attached hydrogen (secondary N) is 2. The summed E-state index contributed by atoms with van der Waals surface area (Å²) in [4.78, 5) is 16.3. The quantitative estimate of drug-likeness (QED) is 0.872. The summed E-state index contributed by atoms with van der Waals surface area (Å²) in [6.45, 7) is 2.89. The summed E-state index contributed by atoms with van der Waals surface area (Å²) in [6, 6.07) is 10.1. The molecule has 2 heterocycles. The highest BCUT2D eigenvalue weighted by molar-refractivity contribution is 5.89. The molecule has 1 aliphatic rings. The van der Waals surface area contributed by atoms with Gasteiger partial charge in [0.2, 0.25) is 11.9 Å². The lowest BCUT2D eigenvalue weighted by molar-refractivity contribution is -0.119. The number of aromatic nitrogens is 2. The van der Waals surface area contributed by atoms with Crippen molar-refractivity contribution in [3.05, 3.63) is 48.3 Å². The number of benzene rings is 1. The third-order valence-corrected chi connectivity index (χ3v) is 3.58. The number of imidazole rings is 1. The predicted molar refractivity (Wildman–Crippen MR) is 83.6 cm³/mol. The van der Waals surface area contributed by atoms with Gasteiger partial charge >= 0.3 is 0 Å². The number of ether oxygens (including phenoxy) is 1. The van der Waals surface area contributed by atoms with Gasteiger partial charge in [-0.3, -0.25) is 10.1 Å². The van der Waals surface area contributed by atoms with E-state index in [-0.39, 0.29) is 12.0 Å². The molecule has 6 nitrogen and oxygen atoms in total. The molecule has 0 saturated carbocycles. The molecule has 1 aromatic heterocycles. The minimum atomic E-state index is -0.0748. The van der Waals surface area contributed by atoms with Crippen LogP contribution in [-0.2, 0) is 16.1 Å². The largest absolute Gasteiger partial charge is 0.375 e. The number of rotatable bonds is 5. The van der Waals surface area contributed by atoms with Gasteiger partial charge in [0.25, 0.3) is 0 Å². The van der Waals surface area contributed by atoms with E-state index in [0.717, 1.165) is 12.1 Å². The van der Waals surface area contributed by atoms with E-state index >= 15 is 0 Å². The Balaban J connectivity index is 1.58. The first-order valence-corrected chi connectivity index (χ1v) is 7.48. The summed E-state index contributed by atoms with van der Waals surface area (Å²) in [5.41, 5.74) is 1.16. The number of anilines is 1. The maximum absolute atomic E-state index is 12.1. The molecule has 2 aromatic rings. The zero-order valence-corrected chi connectivity index (χ0v) is 12.4. The second kappa shape index (κ2) is 7.20. The van der Waals surface area contributed by atoms with E-state index in [4.69, 9.17) is 4.74 Å². The van der Waals surface area contributed by atoms with E-state index in [2.05, 4.69) is 15.6 Å². The Morgan fingerprint density at radius 3 is 3.05 bits per heavy atom. The van der Waals surface area contributed by atoms with E-state index in [1.807, 2.05) is 41.1 Å². The van der Waals surface area contributed by atoms with Crippen LogP contribution in [-0.4, -0.2) is 41.3 Å². The lowest BCUT2D eigenvalue weighted by Crippen LogP contribution is -2.40. The smallest absolute Gasteiger partial charge is 0.229 e. The second-order valence-corrected chi connectivity index (χ2v) is 5.31. The van der Waals surface area contributed by atoms with Crippen molar-refractivity contribution in [2.75, 3.05) is 25.0 Å². The number of hydrogen-bond acceptors (Lipinski definition) is 4. The Labute approximate surface area is 129 Å². The molecule has 1 amide bonds. The van der Waals surface area contributed by atoms with Crippen molar-refractivity contribution in [2.24, 2.45) is 0 Å². The van der Waals surface area contributed by atoms with Crippen molar-refractivity contribution in [3.63, 3.8) is 0 Å². The van der Waals surface area contributed by atoms with Crippen LogP contribution in [0.5, 0.6) is 0 Å². The van der Waals surface area contributed by atoms with Crippen LogP contribution in [0.25, 0.3) is 0 Å². The number of morpholine rings is 1. The van der Waals surface area contributed by atoms with Crippen LogP contribution in [0.2, 0.25) is 0 Å². The summed E-state index contributed by atoms with van der Waals surface area (Å²) in [5.74, 6) is 0.492. The maximum atomic E-state index is 12.1. The van der Waals surface area contributed by atoms with Crippen LogP contribution in [0.1, 0.15) is 12.0 Å². The van der Waals surface area contributed by atoms with Crippen molar-refractivity contribution in [2.45, 2.75) is 19.1 Å². The highest BCUT2D eigenvalue weighted by Crippen LogP contribution is 2.10. The molecular weight excluding hydrogens is 280 g/mol. The number of amides is 1. The van der Waals surface area contributed by atoms with Gasteiger partial charge in [-0.05, 0) is 5.56 Å². The standard InChI is InChI=1S/C16H20N4O2/c21-15(10-14-11-17-7-9-22-14)19-16-18-6-8-20(16)12-13-4-2-1-3-5-13/h1-6,8,14,17H,7,9-12H2,(H,18,19,21). The van der Waals surface area contributed by atoms with Gasteiger partial charge in [-0.25, -0.2) is 4.98 Å². The molecular formula is C16H20N4O2. The summed E-state index contributed by atoms with van der Waals surface area (Å²) >= 11 is 0. The van der Waals surface area contributed by atoms with Gasteiger partial charge in [0.1, 0.15) is 0 Å². The SMILES string of the molecule is O=C(CC1CNCCO1)Nc1nccn1Cc1ccccc1. The molecule has 116 valence electrons. The third kappa shape index (κ3) is 3.93. The van der Waals surface area contributed by atoms with Gasteiger partial charge < -0.3 is 14.6 Å². The first-order valence-electron chi connectivity index (χ1n) is 7.48. The Hall–Kier alpha value is -2.18. The molecule has 0 spiro atoms. The van der Waals surface area contributed by atoms with Gasteiger partial charge in [-0.15, -0.1) is 0 Å². The van der Waals surface area contributed by atoms with Gasteiger partial charge in [0, 0.05) is 25.5 Å². The van der Waals surface area contributed by atoms with Crippen LogP contribution in [0.15, 0.2) is 42.7 Å². The number of carbonyl (C=O) groups excluding carboxylic acids is 1. The monoisotopic (exact) mass is 300 g/mol. The number of hydrogen-bond donors (Lipinski definition) is 2. The average Bonchev–Trinajstić information content (AvgIpc) is 2.96. The van der Waals surface area contributed by atoms with E-state index in [1.165, 1.54) is 0 Å². The summed E-state index contributed by atoms with van der Waals surface area (Å²) < 4.78 is 7.47. The van der Waals surface area contributed by atoms with Crippen molar-refractivity contribution in [1.82, 2.24) is 14.9 Å². The second-order valence-electron chi connectivity index (χ2n) is 5.31. The van der Waals surface area contributed by atoms with Gasteiger partial charge in [0.05, 0.1) is 25.7 Å². The fourth-order valence-electron chi connectivity index (χ4n) is 2.47. The Kier molecular flexibility index (Phi) is 4.82. The predicted octanol–water partition coefficient (Wildman–Crippen LogP) is 1.25. The molecule has 1 aromatic carbocycles. The summed E-state index contributed by atoms with van der Waals surface area (Å²) in [6.07, 6.45) is 3.83. The maximum Gasteiger partial charge on any atom is 0.229 e. The molecule has 22 heavy (non-hydrogen) atoms. The molecule has 0 aliphatic carbocycles. The molecule has 1 saturated heterocycles. The molecule has 2 N–H and O–H groups in total. The normalized spacial score (nSPS) is 18.1. The number of carbonyl (C=O) groups is 1. The van der Waals surface area contributed by atoms with Crippen LogP contribution in [0.3, 0.4) is 0 Å². The van der Waals surface area contributed by atoms with Crippen molar-refractivity contribution in [3.8, 4) is 0 Å². The zero-order valence-electron chi connectivity index (χ0n) is 12.4. The molecule has 6 heteroatoms. The Morgan fingerprint density at radius 2 is 2.27 bits per heavy atom. The lowest BCUT2D eigenvalue weighted by Gasteiger charge is -2.23. The van der Waals surface area contributed by atoms with Gasteiger partial charge in [-0.2, -0.15) is 0 Å². The first kappa shape index (κ1) is 14.7. The van der Waals surface area contributed by atoms with Crippen molar-refractivity contribution >= 4 is 11.9 Å². The van der Waals surface area contributed by atoms with Crippen molar-refractivity contribution in [1.29, 1.82) is 0 Å². The molecule has 1 aliphatic heterocycles. The third-order valence-electron chi connectivity index (χ3n) is 3.58. The van der Waals surface area contributed by atoms with Crippen LogP contribution in [0.4, 0.5) is 5.95 Å². The van der Waals surface area contributed by atoms with Crippen LogP contribution in [0, 0.1) is 0 Å². The minimum absolute atomic E-state index is 0.0636. The van der Waals surface area contributed by atoms with E-state index in [1.54, 1.807) is 6.20 Å². The molecule has 0 radical (unpaired) electrons. The fourth-order valence-corrected chi connectivity index (χ4v) is 2.47. The first-order chi connectivity index (χ1) is 10.8. The topological polar surface area (TPSA) is 68.2 Å². The Bertz CT molecular complexity index is 606. The van der Waals surface area contributed by atoms with Crippen molar-refractivity contribution < 1.29 is 9.53 Å². The molecule has 3 rings (SSSR count). The van der Waals surface area contributed by atoms with E-state index in [9.17, 15) is 4.79 Å². The molecule has 0 bridgehead atoms. The molecule has 1 unspecified atom stereocenters. The minimum Gasteiger partial charge on any atom is -0.375 e. The lowest BCUT2D eigenvalue weighted by atomic mass is 10.2. The highest BCUT2D eigenvalue weighted by atomic mass is 16.5. The van der Waals surface area contributed by atoms with Crippen LogP contribution >= 0.6 is 0 Å². The van der Waals surface area contributed by atoms with Gasteiger partial charge in [0.15, 0.2) is 0 Å². The number of nitrogens with zero attached hydrogens (tertiary/aromatic N) is 2. The summed E-state index contributed by atoms with van der Waals surface area (Å²) in [5, 5.41) is 6.08. The summed E-state index contributed by atoms with van der Waals surface area (Å²) in [7, 11) is 0. The van der Waals surface area contributed by atoms with Gasteiger partial charge in [-0.1, -0.05) is 30.3 Å². The van der Waals surface area contributed by atoms with Crippen LogP contribution < -0.4 is 10.6 Å². The zero-order chi connectivity index (χ0) is 15.2. The molecule has 1 fully saturated rings. The average molecular weight is 300 g/mol. The van der Waals surface area contributed by atoms with E-state index < -0.39 is 0 Å². The molecule has 1 atom stereocenters. The van der Waals surface area contributed by atoms with E-state index in [0.29, 0.717) is 32.1 Å². The Morgan fingerprint density at radius 1 is 1.41 bits per heavy atom.